The fraction of sp³-hybridized carbons (Fsp3) is 0.143. The van der Waals surface area contributed by atoms with Crippen LogP contribution in [0.1, 0.15) is 5.82 Å². The minimum atomic E-state index is 0. The van der Waals surface area contributed by atoms with Gasteiger partial charge in [0.2, 0.25) is 0 Å². The lowest BCUT2D eigenvalue weighted by molar-refractivity contribution is 0.900. The van der Waals surface area contributed by atoms with Gasteiger partial charge in [-0.2, -0.15) is 0 Å². The molecular formula is C14H17Cl3N4. The van der Waals surface area contributed by atoms with Crippen molar-refractivity contribution in [1.29, 1.82) is 0 Å². The van der Waals surface area contributed by atoms with Gasteiger partial charge in [0.05, 0.1) is 11.0 Å². The van der Waals surface area contributed by atoms with Crippen LogP contribution in [0, 0.1) is 0 Å². The molecule has 0 atom stereocenters. The van der Waals surface area contributed by atoms with Gasteiger partial charge in [0.15, 0.2) is 0 Å². The molecule has 21 heavy (non-hydrogen) atoms. The van der Waals surface area contributed by atoms with E-state index >= 15 is 0 Å². The third-order valence-electron chi connectivity index (χ3n) is 2.92. The fourth-order valence-electron chi connectivity index (χ4n) is 2.09. The monoisotopic (exact) mass is 346 g/mol. The van der Waals surface area contributed by atoms with Crippen molar-refractivity contribution in [2.75, 3.05) is 6.54 Å². The predicted octanol–water partition coefficient (Wildman–Crippen LogP) is 3.39. The second-order valence-electron chi connectivity index (χ2n) is 4.17. The Bertz CT molecular complexity index is 670. The van der Waals surface area contributed by atoms with Crippen molar-refractivity contribution in [3.05, 3.63) is 48.5 Å². The molecule has 0 aliphatic rings. The first kappa shape index (κ1) is 19.7. The average molecular weight is 348 g/mol. The largest absolute Gasteiger partial charge is 0.342 e. The van der Waals surface area contributed by atoms with Crippen LogP contribution in [0.25, 0.3) is 22.2 Å². The molecule has 0 saturated carbocycles. The molecule has 0 radical (unpaired) electrons. The molecule has 0 bridgehead atoms. The molecule has 0 aliphatic heterocycles. The molecule has 0 fully saturated rings. The maximum Gasteiger partial charge on any atom is 0.108 e. The molecule has 3 rings (SSSR count). The van der Waals surface area contributed by atoms with Crippen molar-refractivity contribution in [1.82, 2.24) is 15.0 Å². The lowest BCUT2D eigenvalue weighted by Crippen LogP contribution is -2.03. The topological polar surface area (TPSA) is 67.6 Å². The van der Waals surface area contributed by atoms with Crippen LogP contribution in [-0.4, -0.2) is 21.5 Å². The first-order chi connectivity index (χ1) is 8.88. The van der Waals surface area contributed by atoms with Crippen molar-refractivity contribution in [3.8, 4) is 11.1 Å². The van der Waals surface area contributed by atoms with Crippen molar-refractivity contribution in [2.24, 2.45) is 5.73 Å². The summed E-state index contributed by atoms with van der Waals surface area (Å²) < 4.78 is 0. The van der Waals surface area contributed by atoms with Gasteiger partial charge in [-0.25, -0.2) is 4.98 Å². The highest BCUT2D eigenvalue weighted by atomic mass is 35.5. The van der Waals surface area contributed by atoms with Crippen LogP contribution < -0.4 is 5.73 Å². The van der Waals surface area contributed by atoms with E-state index in [2.05, 4.69) is 21.0 Å². The highest BCUT2D eigenvalue weighted by Crippen LogP contribution is 2.26. The quantitative estimate of drug-likeness (QED) is 0.763. The lowest BCUT2D eigenvalue weighted by Gasteiger charge is -2.00. The van der Waals surface area contributed by atoms with E-state index in [4.69, 9.17) is 5.73 Å². The number of nitrogens with one attached hydrogen (secondary N) is 1. The molecular weight excluding hydrogens is 331 g/mol. The minimum absolute atomic E-state index is 0. The number of nitrogens with zero attached hydrogens (tertiary/aromatic N) is 2. The van der Waals surface area contributed by atoms with E-state index in [1.54, 1.807) is 6.20 Å². The average Bonchev–Trinajstić information content (AvgIpc) is 2.82. The molecule has 0 saturated heterocycles. The van der Waals surface area contributed by atoms with E-state index < -0.39 is 0 Å². The number of aromatic amines is 1. The van der Waals surface area contributed by atoms with Gasteiger partial charge in [-0.15, -0.1) is 37.2 Å². The third kappa shape index (κ3) is 4.08. The summed E-state index contributed by atoms with van der Waals surface area (Å²) in [7, 11) is 0. The Morgan fingerprint density at radius 1 is 1.05 bits per heavy atom. The summed E-state index contributed by atoms with van der Waals surface area (Å²) in [6.45, 7) is 0.599. The molecule has 114 valence electrons. The number of pyridine rings is 1. The maximum absolute atomic E-state index is 5.56. The van der Waals surface area contributed by atoms with Crippen molar-refractivity contribution in [2.45, 2.75) is 6.42 Å². The Hall–Kier alpha value is -1.33. The molecule has 3 N–H and O–H groups in total. The lowest BCUT2D eigenvalue weighted by atomic mass is 10.1. The summed E-state index contributed by atoms with van der Waals surface area (Å²) in [6, 6.07) is 10.1. The number of H-pyrrole nitrogens is 1. The zero-order chi connectivity index (χ0) is 12.4. The summed E-state index contributed by atoms with van der Waals surface area (Å²) in [5, 5.41) is 0. The van der Waals surface area contributed by atoms with Crippen molar-refractivity contribution in [3.63, 3.8) is 0 Å². The van der Waals surface area contributed by atoms with Gasteiger partial charge in [0.1, 0.15) is 5.82 Å². The maximum atomic E-state index is 5.56. The van der Waals surface area contributed by atoms with Crippen LogP contribution in [0.2, 0.25) is 0 Å². The Morgan fingerprint density at radius 2 is 1.86 bits per heavy atom. The molecule has 1 aromatic carbocycles. The summed E-state index contributed by atoms with van der Waals surface area (Å²) in [4.78, 5) is 12.1. The van der Waals surface area contributed by atoms with Crippen molar-refractivity contribution < 1.29 is 0 Å². The van der Waals surface area contributed by atoms with Crippen LogP contribution in [0.4, 0.5) is 0 Å². The van der Waals surface area contributed by atoms with Gasteiger partial charge in [0, 0.05) is 29.9 Å². The minimum Gasteiger partial charge on any atom is -0.342 e. The Labute approximate surface area is 141 Å². The summed E-state index contributed by atoms with van der Waals surface area (Å²) >= 11 is 0. The zero-order valence-electron chi connectivity index (χ0n) is 11.2. The molecule has 2 aromatic heterocycles. The molecule has 0 aliphatic carbocycles. The molecule has 4 nitrogen and oxygen atoms in total. The van der Waals surface area contributed by atoms with Gasteiger partial charge in [0.25, 0.3) is 0 Å². The summed E-state index contributed by atoms with van der Waals surface area (Å²) in [6.07, 6.45) is 4.39. The molecule has 0 unspecified atom stereocenters. The van der Waals surface area contributed by atoms with Gasteiger partial charge in [-0.05, 0) is 18.7 Å². The van der Waals surface area contributed by atoms with E-state index in [1.807, 2.05) is 30.5 Å². The smallest absolute Gasteiger partial charge is 0.108 e. The van der Waals surface area contributed by atoms with Crippen LogP contribution in [0.15, 0.2) is 42.7 Å². The highest BCUT2D eigenvalue weighted by Gasteiger charge is 2.08. The predicted molar refractivity (Wildman–Crippen MR) is 93.8 cm³/mol. The molecule has 7 heteroatoms. The van der Waals surface area contributed by atoms with E-state index in [-0.39, 0.29) is 37.2 Å². The van der Waals surface area contributed by atoms with Crippen LogP contribution in [0.3, 0.4) is 0 Å². The number of hydrogen-bond donors (Lipinski definition) is 2. The Kier molecular flexibility index (Phi) is 8.29. The Morgan fingerprint density at radius 3 is 2.52 bits per heavy atom. The zero-order valence-corrected chi connectivity index (χ0v) is 13.6. The van der Waals surface area contributed by atoms with E-state index in [0.29, 0.717) is 6.54 Å². The van der Waals surface area contributed by atoms with Crippen molar-refractivity contribution >= 4 is 48.3 Å². The fourth-order valence-corrected chi connectivity index (χ4v) is 2.09. The first-order valence-electron chi connectivity index (χ1n) is 5.96. The Balaban J connectivity index is 0.00000133. The number of para-hydroxylation sites is 1. The molecule has 0 spiro atoms. The van der Waals surface area contributed by atoms with Crippen LogP contribution in [0.5, 0.6) is 0 Å². The number of fused-ring (bicyclic) bond motifs is 1. The molecule has 2 heterocycles. The number of aromatic nitrogens is 3. The molecule has 0 amide bonds. The third-order valence-corrected chi connectivity index (χ3v) is 2.92. The summed E-state index contributed by atoms with van der Waals surface area (Å²) in [5.74, 6) is 0.934. The van der Waals surface area contributed by atoms with E-state index in [9.17, 15) is 0 Å². The highest BCUT2D eigenvalue weighted by molar-refractivity contribution is 5.91. The number of halogens is 3. The number of rotatable bonds is 3. The first-order valence-corrected chi connectivity index (χ1v) is 5.96. The second-order valence-corrected chi connectivity index (χ2v) is 4.17. The van der Waals surface area contributed by atoms with Crippen LogP contribution >= 0.6 is 37.2 Å². The second kappa shape index (κ2) is 8.85. The SMILES string of the molecule is Cl.Cl.Cl.NCCc1nc2c(-c3cccnc3)cccc2[nH]1. The van der Waals surface area contributed by atoms with E-state index in [0.717, 1.165) is 34.4 Å². The van der Waals surface area contributed by atoms with Gasteiger partial charge >= 0.3 is 0 Å². The standard InChI is InChI=1S/C14H14N4.3ClH/c15-7-6-13-17-12-5-1-4-11(14(12)18-13)10-3-2-8-16-9-10;;;/h1-5,8-9H,6-7,15H2,(H,17,18);3*1H. The van der Waals surface area contributed by atoms with E-state index in [1.165, 1.54) is 0 Å². The summed E-state index contributed by atoms with van der Waals surface area (Å²) in [5.41, 5.74) is 9.76. The number of hydrogen-bond acceptors (Lipinski definition) is 3. The normalized spacial score (nSPS) is 9.38. The van der Waals surface area contributed by atoms with Gasteiger partial charge < -0.3 is 10.7 Å². The molecule has 3 aromatic rings. The number of nitrogens with two attached hydrogens (primary N) is 1. The van der Waals surface area contributed by atoms with Gasteiger partial charge in [-0.3, -0.25) is 4.98 Å². The van der Waals surface area contributed by atoms with Gasteiger partial charge in [-0.1, -0.05) is 18.2 Å². The van der Waals surface area contributed by atoms with Crippen LogP contribution in [-0.2, 0) is 6.42 Å². The number of benzene rings is 1. The number of imidazole rings is 1.